The van der Waals surface area contributed by atoms with E-state index in [1.807, 2.05) is 6.07 Å². The molecule has 0 aliphatic rings. The number of nitriles is 1. The molecule has 0 aliphatic heterocycles. The Balaban J connectivity index is 2.92. The molecular weight excluding hydrogens is 254 g/mol. The van der Waals surface area contributed by atoms with Gasteiger partial charge in [-0.1, -0.05) is 0 Å². The third kappa shape index (κ3) is 2.84. The number of rotatable bonds is 3. The number of hydrogen-bond acceptors (Lipinski definition) is 5. The van der Waals surface area contributed by atoms with Crippen molar-refractivity contribution >= 4 is 21.6 Å². The highest BCUT2D eigenvalue weighted by molar-refractivity contribution is 7.92. The second-order valence-corrected chi connectivity index (χ2v) is 6.85. The standard InChI is InChI=1S/C11H13N3O3S/c1-11(2,18(3,16)17)10(15)14-9-5-4-8(6-12)7-13-9/h4-5,7H,1-3H3,(H,13,14,15). The molecule has 1 heterocycles. The molecule has 18 heavy (non-hydrogen) atoms. The Kier molecular flexibility index (Phi) is 3.72. The summed E-state index contributed by atoms with van der Waals surface area (Å²) in [5.74, 6) is -0.460. The zero-order valence-corrected chi connectivity index (χ0v) is 11.1. The van der Waals surface area contributed by atoms with Crippen molar-refractivity contribution in [3.8, 4) is 6.07 Å². The van der Waals surface area contributed by atoms with Crippen LogP contribution in [0.4, 0.5) is 5.82 Å². The van der Waals surface area contributed by atoms with E-state index in [1.165, 1.54) is 32.2 Å². The molecule has 1 aromatic heterocycles. The Labute approximate surface area is 106 Å². The van der Waals surface area contributed by atoms with Crippen molar-refractivity contribution in [2.75, 3.05) is 11.6 Å². The number of nitrogens with one attached hydrogen (secondary N) is 1. The summed E-state index contributed by atoms with van der Waals surface area (Å²) in [6.07, 6.45) is 2.29. The van der Waals surface area contributed by atoms with Crippen molar-refractivity contribution in [1.82, 2.24) is 4.98 Å². The number of sulfone groups is 1. The van der Waals surface area contributed by atoms with Crippen LogP contribution >= 0.6 is 0 Å². The van der Waals surface area contributed by atoms with E-state index in [0.29, 0.717) is 5.56 Å². The van der Waals surface area contributed by atoms with Crippen molar-refractivity contribution in [2.45, 2.75) is 18.6 Å². The molecule has 1 amide bonds. The molecule has 0 spiro atoms. The van der Waals surface area contributed by atoms with Gasteiger partial charge in [0.1, 0.15) is 16.6 Å². The Morgan fingerprint density at radius 1 is 1.44 bits per heavy atom. The van der Waals surface area contributed by atoms with E-state index < -0.39 is 20.5 Å². The molecule has 1 aromatic rings. The second-order valence-electron chi connectivity index (χ2n) is 4.28. The zero-order chi connectivity index (χ0) is 14.0. The number of carbonyl (C=O) groups excluding carboxylic acids is 1. The van der Waals surface area contributed by atoms with Gasteiger partial charge >= 0.3 is 0 Å². The van der Waals surface area contributed by atoms with E-state index in [0.717, 1.165) is 6.26 Å². The van der Waals surface area contributed by atoms with Gasteiger partial charge in [0.25, 0.3) is 0 Å². The summed E-state index contributed by atoms with van der Waals surface area (Å²) in [5, 5.41) is 11.0. The van der Waals surface area contributed by atoms with E-state index in [-0.39, 0.29) is 5.82 Å². The number of hydrogen-bond donors (Lipinski definition) is 1. The summed E-state index contributed by atoms with van der Waals surface area (Å²) in [6, 6.07) is 4.81. The van der Waals surface area contributed by atoms with E-state index >= 15 is 0 Å². The quantitative estimate of drug-likeness (QED) is 0.869. The molecule has 0 bridgehead atoms. The van der Waals surface area contributed by atoms with Crippen LogP contribution in [0.5, 0.6) is 0 Å². The zero-order valence-electron chi connectivity index (χ0n) is 10.3. The van der Waals surface area contributed by atoms with Crippen LogP contribution in [0.3, 0.4) is 0 Å². The van der Waals surface area contributed by atoms with Gasteiger partial charge in [0, 0.05) is 12.5 Å². The maximum Gasteiger partial charge on any atom is 0.246 e. The lowest BCUT2D eigenvalue weighted by atomic mass is 10.2. The SMILES string of the molecule is CC(C)(C(=O)Nc1ccc(C#N)cn1)S(C)(=O)=O. The number of anilines is 1. The van der Waals surface area contributed by atoms with Gasteiger partial charge in [-0.2, -0.15) is 5.26 Å². The minimum absolute atomic E-state index is 0.204. The Hall–Kier alpha value is -1.94. The molecule has 0 atom stereocenters. The highest BCUT2D eigenvalue weighted by atomic mass is 32.2. The number of nitrogens with zero attached hydrogens (tertiary/aromatic N) is 2. The third-order valence-corrected chi connectivity index (χ3v) is 4.65. The lowest BCUT2D eigenvalue weighted by molar-refractivity contribution is -0.117. The van der Waals surface area contributed by atoms with Crippen molar-refractivity contribution < 1.29 is 13.2 Å². The topological polar surface area (TPSA) is 99.9 Å². The van der Waals surface area contributed by atoms with Crippen molar-refractivity contribution in [3.63, 3.8) is 0 Å². The molecular formula is C11H13N3O3S. The predicted octanol–water partition coefficient (Wildman–Crippen LogP) is 0.715. The Morgan fingerprint density at radius 3 is 2.44 bits per heavy atom. The van der Waals surface area contributed by atoms with Crippen LogP contribution in [0.25, 0.3) is 0 Å². The van der Waals surface area contributed by atoms with Gasteiger partial charge in [0.05, 0.1) is 5.56 Å². The van der Waals surface area contributed by atoms with Gasteiger partial charge in [-0.3, -0.25) is 4.79 Å². The summed E-state index contributed by atoms with van der Waals surface area (Å²) in [7, 11) is -3.53. The number of pyridine rings is 1. The highest BCUT2D eigenvalue weighted by Gasteiger charge is 2.38. The maximum atomic E-state index is 11.8. The van der Waals surface area contributed by atoms with E-state index in [1.54, 1.807) is 0 Å². The number of carbonyl (C=O) groups is 1. The molecule has 0 radical (unpaired) electrons. The maximum absolute atomic E-state index is 11.8. The summed E-state index contributed by atoms with van der Waals surface area (Å²) < 4.78 is 21.4. The average Bonchev–Trinajstić information content (AvgIpc) is 2.28. The van der Waals surface area contributed by atoms with E-state index in [4.69, 9.17) is 5.26 Å². The van der Waals surface area contributed by atoms with Crippen molar-refractivity contribution in [1.29, 1.82) is 5.26 Å². The smallest absolute Gasteiger partial charge is 0.246 e. The van der Waals surface area contributed by atoms with Crippen LogP contribution in [0.2, 0.25) is 0 Å². The Bertz CT molecular complexity index is 597. The van der Waals surface area contributed by atoms with Crippen LogP contribution in [0, 0.1) is 11.3 Å². The first-order valence-corrected chi connectivity index (χ1v) is 6.95. The minimum atomic E-state index is -3.53. The van der Waals surface area contributed by atoms with Gasteiger partial charge in [0.2, 0.25) is 5.91 Å². The van der Waals surface area contributed by atoms with Gasteiger partial charge in [-0.15, -0.1) is 0 Å². The molecule has 0 aromatic carbocycles. The summed E-state index contributed by atoms with van der Waals surface area (Å²) >= 11 is 0. The van der Waals surface area contributed by atoms with Gasteiger partial charge in [-0.05, 0) is 26.0 Å². The van der Waals surface area contributed by atoms with Crippen LogP contribution in [-0.4, -0.2) is 30.3 Å². The minimum Gasteiger partial charge on any atom is -0.309 e. The van der Waals surface area contributed by atoms with E-state index in [9.17, 15) is 13.2 Å². The first-order chi connectivity index (χ1) is 8.18. The predicted molar refractivity (Wildman–Crippen MR) is 66.5 cm³/mol. The molecule has 0 saturated carbocycles. The molecule has 0 unspecified atom stereocenters. The second kappa shape index (κ2) is 4.74. The fourth-order valence-electron chi connectivity index (χ4n) is 0.969. The van der Waals surface area contributed by atoms with Gasteiger partial charge in [0.15, 0.2) is 9.84 Å². The highest BCUT2D eigenvalue weighted by Crippen LogP contribution is 2.17. The lowest BCUT2D eigenvalue weighted by Gasteiger charge is -2.20. The van der Waals surface area contributed by atoms with E-state index in [2.05, 4.69) is 10.3 Å². The van der Waals surface area contributed by atoms with Gasteiger partial charge < -0.3 is 5.32 Å². The molecule has 1 rings (SSSR count). The molecule has 0 saturated heterocycles. The molecule has 6 nitrogen and oxygen atoms in total. The Morgan fingerprint density at radius 2 is 2.06 bits per heavy atom. The average molecular weight is 267 g/mol. The van der Waals surface area contributed by atoms with Crippen molar-refractivity contribution in [2.24, 2.45) is 0 Å². The molecule has 7 heteroatoms. The fourth-order valence-corrected chi connectivity index (χ4v) is 1.36. The van der Waals surface area contributed by atoms with Crippen LogP contribution in [0.1, 0.15) is 19.4 Å². The number of amides is 1. The molecule has 0 fully saturated rings. The fraction of sp³-hybridized carbons (Fsp3) is 0.364. The largest absolute Gasteiger partial charge is 0.309 e. The lowest BCUT2D eigenvalue weighted by Crippen LogP contribution is -2.44. The van der Waals surface area contributed by atoms with Gasteiger partial charge in [-0.25, -0.2) is 13.4 Å². The molecule has 96 valence electrons. The molecule has 0 aliphatic carbocycles. The third-order valence-electron chi connectivity index (χ3n) is 2.61. The van der Waals surface area contributed by atoms with Crippen molar-refractivity contribution in [3.05, 3.63) is 23.9 Å². The summed E-state index contributed by atoms with van der Waals surface area (Å²) in [6.45, 7) is 2.64. The van der Waals surface area contributed by atoms with Crippen LogP contribution in [-0.2, 0) is 14.6 Å². The molecule has 1 N–H and O–H groups in total. The normalized spacial score (nSPS) is 11.7. The first-order valence-electron chi connectivity index (χ1n) is 5.05. The van der Waals surface area contributed by atoms with Crippen LogP contribution in [0.15, 0.2) is 18.3 Å². The summed E-state index contributed by atoms with van der Waals surface area (Å²) in [5.41, 5.74) is 0.357. The number of aromatic nitrogens is 1. The van der Waals surface area contributed by atoms with Crippen LogP contribution < -0.4 is 5.32 Å². The monoisotopic (exact) mass is 267 g/mol. The summed E-state index contributed by atoms with van der Waals surface area (Å²) in [4.78, 5) is 15.7. The first kappa shape index (κ1) is 14.1.